The Morgan fingerprint density at radius 3 is 2.54 bits per heavy atom. The molecule has 1 atom stereocenters. The molecular weight excluding hydrogens is 170 g/mol. The summed E-state index contributed by atoms with van der Waals surface area (Å²) < 4.78 is 10.2. The number of nitrogens with zero attached hydrogens (tertiary/aromatic N) is 1. The molecule has 13 heavy (non-hydrogen) atoms. The maximum absolute atomic E-state index is 8.70. The van der Waals surface area contributed by atoms with Crippen LogP contribution in [-0.2, 0) is 9.47 Å². The van der Waals surface area contributed by atoms with Crippen LogP contribution in [0.15, 0.2) is 0 Å². The highest BCUT2D eigenvalue weighted by Crippen LogP contribution is 2.16. The second-order valence-electron chi connectivity index (χ2n) is 3.38. The van der Waals surface area contributed by atoms with Crippen molar-refractivity contribution in [1.29, 1.82) is 5.26 Å². The normalized spacial score (nSPS) is 13.8. The number of hydrogen-bond acceptors (Lipinski definition) is 4. The minimum Gasteiger partial charge on any atom is -0.394 e. The Morgan fingerprint density at radius 1 is 1.54 bits per heavy atom. The van der Waals surface area contributed by atoms with Crippen LogP contribution in [0.4, 0.5) is 0 Å². The molecule has 0 aromatic carbocycles. The standard InChI is InChI=1S/C9H17NO3/c1-9(2,12-3)6-8(7-10)13-5-4-11/h8,11H,4-6H2,1-3H3. The Kier molecular flexibility index (Phi) is 5.63. The summed E-state index contributed by atoms with van der Waals surface area (Å²) in [6, 6.07) is 2.01. The molecule has 0 heterocycles. The fraction of sp³-hybridized carbons (Fsp3) is 0.889. The first-order chi connectivity index (χ1) is 6.05. The van der Waals surface area contributed by atoms with Crippen molar-refractivity contribution < 1.29 is 14.6 Å². The van der Waals surface area contributed by atoms with E-state index in [1.54, 1.807) is 7.11 Å². The molecule has 4 heteroatoms. The highest BCUT2D eigenvalue weighted by molar-refractivity contribution is 4.89. The van der Waals surface area contributed by atoms with E-state index in [1.807, 2.05) is 19.9 Å². The minimum atomic E-state index is -0.512. The van der Waals surface area contributed by atoms with Crippen molar-refractivity contribution >= 4 is 0 Å². The Bertz CT molecular complexity index is 174. The monoisotopic (exact) mass is 187 g/mol. The van der Waals surface area contributed by atoms with E-state index in [0.717, 1.165) is 0 Å². The molecule has 0 aromatic rings. The van der Waals surface area contributed by atoms with Gasteiger partial charge in [0, 0.05) is 13.5 Å². The van der Waals surface area contributed by atoms with Crippen LogP contribution in [0, 0.1) is 11.3 Å². The number of aliphatic hydroxyl groups excluding tert-OH is 1. The Hall–Kier alpha value is -0.630. The number of ether oxygens (including phenoxy) is 2. The zero-order chi connectivity index (χ0) is 10.3. The van der Waals surface area contributed by atoms with Gasteiger partial charge >= 0.3 is 0 Å². The molecule has 1 N–H and O–H groups in total. The van der Waals surface area contributed by atoms with Gasteiger partial charge in [-0.1, -0.05) is 0 Å². The molecule has 0 fully saturated rings. The van der Waals surface area contributed by atoms with Gasteiger partial charge < -0.3 is 14.6 Å². The van der Waals surface area contributed by atoms with E-state index in [1.165, 1.54) is 0 Å². The molecule has 76 valence electrons. The van der Waals surface area contributed by atoms with Crippen LogP contribution in [0.1, 0.15) is 20.3 Å². The first-order valence-corrected chi connectivity index (χ1v) is 4.23. The van der Waals surface area contributed by atoms with Crippen molar-refractivity contribution in [3.8, 4) is 6.07 Å². The number of aliphatic hydroxyl groups is 1. The molecule has 0 aliphatic carbocycles. The molecular formula is C9H17NO3. The van der Waals surface area contributed by atoms with E-state index < -0.39 is 6.10 Å². The summed E-state index contributed by atoms with van der Waals surface area (Å²) >= 11 is 0. The highest BCUT2D eigenvalue weighted by atomic mass is 16.5. The fourth-order valence-corrected chi connectivity index (χ4v) is 0.867. The molecule has 0 bridgehead atoms. The van der Waals surface area contributed by atoms with Crippen molar-refractivity contribution in [2.24, 2.45) is 0 Å². The number of nitriles is 1. The van der Waals surface area contributed by atoms with Crippen molar-refractivity contribution in [2.45, 2.75) is 32.0 Å². The van der Waals surface area contributed by atoms with Crippen LogP contribution < -0.4 is 0 Å². The van der Waals surface area contributed by atoms with E-state index in [-0.39, 0.29) is 18.8 Å². The quantitative estimate of drug-likeness (QED) is 0.665. The largest absolute Gasteiger partial charge is 0.394 e. The fourth-order valence-electron chi connectivity index (χ4n) is 0.867. The minimum absolute atomic E-state index is 0.0639. The van der Waals surface area contributed by atoms with Crippen LogP contribution in [0.2, 0.25) is 0 Å². The van der Waals surface area contributed by atoms with Crippen LogP contribution in [-0.4, -0.2) is 37.1 Å². The smallest absolute Gasteiger partial charge is 0.146 e. The Labute approximate surface area is 79.1 Å². The second-order valence-corrected chi connectivity index (χ2v) is 3.38. The predicted molar refractivity (Wildman–Crippen MR) is 48.1 cm³/mol. The van der Waals surface area contributed by atoms with E-state index >= 15 is 0 Å². The lowest BCUT2D eigenvalue weighted by atomic mass is 10.0. The molecule has 1 unspecified atom stereocenters. The lowest BCUT2D eigenvalue weighted by molar-refractivity contribution is -0.0327. The Balaban J connectivity index is 3.92. The molecule has 0 saturated carbocycles. The molecule has 0 aliphatic heterocycles. The summed E-state index contributed by atoms with van der Waals surface area (Å²) in [6.45, 7) is 3.91. The third kappa shape index (κ3) is 5.58. The van der Waals surface area contributed by atoms with Gasteiger partial charge in [-0.3, -0.25) is 0 Å². The van der Waals surface area contributed by atoms with Gasteiger partial charge in [0.15, 0.2) is 0 Å². The van der Waals surface area contributed by atoms with Crippen molar-refractivity contribution in [3.63, 3.8) is 0 Å². The number of hydrogen-bond donors (Lipinski definition) is 1. The van der Waals surface area contributed by atoms with E-state index in [0.29, 0.717) is 6.42 Å². The number of methoxy groups -OCH3 is 1. The highest BCUT2D eigenvalue weighted by Gasteiger charge is 2.22. The van der Waals surface area contributed by atoms with Crippen LogP contribution in [0.3, 0.4) is 0 Å². The summed E-state index contributed by atoms with van der Waals surface area (Å²) in [5.74, 6) is 0. The third-order valence-corrected chi connectivity index (χ3v) is 1.78. The first-order valence-electron chi connectivity index (χ1n) is 4.23. The van der Waals surface area contributed by atoms with Gasteiger partial charge in [0.2, 0.25) is 0 Å². The van der Waals surface area contributed by atoms with Gasteiger partial charge in [-0.2, -0.15) is 5.26 Å². The van der Waals surface area contributed by atoms with Crippen LogP contribution in [0.5, 0.6) is 0 Å². The summed E-state index contributed by atoms with van der Waals surface area (Å²) in [4.78, 5) is 0. The summed E-state index contributed by atoms with van der Waals surface area (Å²) in [5.41, 5.74) is -0.365. The zero-order valence-electron chi connectivity index (χ0n) is 8.41. The first kappa shape index (κ1) is 12.4. The Morgan fingerprint density at radius 2 is 2.15 bits per heavy atom. The van der Waals surface area contributed by atoms with Gasteiger partial charge in [0.1, 0.15) is 6.10 Å². The summed E-state index contributed by atoms with van der Waals surface area (Å²) in [6.07, 6.45) is -0.0119. The molecule has 0 aliphatic rings. The topological polar surface area (TPSA) is 62.5 Å². The van der Waals surface area contributed by atoms with Crippen LogP contribution >= 0.6 is 0 Å². The van der Waals surface area contributed by atoms with Gasteiger partial charge in [0.25, 0.3) is 0 Å². The summed E-state index contributed by atoms with van der Waals surface area (Å²) in [7, 11) is 1.60. The molecule has 0 aromatic heterocycles. The van der Waals surface area contributed by atoms with Gasteiger partial charge in [-0.05, 0) is 13.8 Å². The van der Waals surface area contributed by atoms with E-state index in [4.69, 9.17) is 19.8 Å². The van der Waals surface area contributed by atoms with Crippen molar-refractivity contribution in [2.75, 3.05) is 20.3 Å². The van der Waals surface area contributed by atoms with E-state index in [9.17, 15) is 0 Å². The lowest BCUT2D eigenvalue weighted by Gasteiger charge is -2.25. The molecule has 4 nitrogen and oxygen atoms in total. The lowest BCUT2D eigenvalue weighted by Crippen LogP contribution is -2.30. The van der Waals surface area contributed by atoms with Crippen molar-refractivity contribution in [3.05, 3.63) is 0 Å². The molecule has 0 amide bonds. The van der Waals surface area contributed by atoms with Gasteiger partial charge in [-0.25, -0.2) is 0 Å². The van der Waals surface area contributed by atoms with Gasteiger partial charge in [0.05, 0.1) is 24.9 Å². The van der Waals surface area contributed by atoms with Crippen molar-refractivity contribution in [1.82, 2.24) is 0 Å². The molecule has 0 spiro atoms. The zero-order valence-corrected chi connectivity index (χ0v) is 8.41. The molecule has 0 saturated heterocycles. The predicted octanol–water partition coefficient (Wildman–Crippen LogP) is 0.703. The van der Waals surface area contributed by atoms with Crippen LogP contribution in [0.25, 0.3) is 0 Å². The van der Waals surface area contributed by atoms with Gasteiger partial charge in [-0.15, -0.1) is 0 Å². The van der Waals surface area contributed by atoms with E-state index in [2.05, 4.69) is 0 Å². The third-order valence-electron chi connectivity index (χ3n) is 1.78. The SMILES string of the molecule is COC(C)(C)CC(C#N)OCCO. The second kappa shape index (κ2) is 5.92. The number of rotatable bonds is 6. The maximum atomic E-state index is 8.70. The molecule has 0 radical (unpaired) electrons. The average molecular weight is 187 g/mol. The maximum Gasteiger partial charge on any atom is 0.146 e. The summed E-state index contributed by atoms with van der Waals surface area (Å²) in [5, 5.41) is 17.2. The molecule has 0 rings (SSSR count). The average Bonchev–Trinajstić information content (AvgIpc) is 2.12.